The second-order valence-electron chi connectivity index (χ2n) is 7.25. The van der Waals surface area contributed by atoms with E-state index in [9.17, 15) is 9.18 Å². The number of nitrogens with zero attached hydrogens (tertiary/aromatic N) is 1. The maximum Gasteiger partial charge on any atom is 0.248 e. The zero-order chi connectivity index (χ0) is 20.9. The minimum absolute atomic E-state index is 0.316. The van der Waals surface area contributed by atoms with E-state index in [-0.39, 0.29) is 11.7 Å². The van der Waals surface area contributed by atoms with E-state index < -0.39 is 0 Å². The van der Waals surface area contributed by atoms with Crippen LogP contribution in [0.4, 0.5) is 15.8 Å². The van der Waals surface area contributed by atoms with Crippen molar-refractivity contribution in [2.75, 3.05) is 23.3 Å². The third-order valence-corrected chi connectivity index (χ3v) is 5.60. The zero-order valence-electron chi connectivity index (χ0n) is 16.4. The summed E-state index contributed by atoms with van der Waals surface area (Å²) in [5.74, 6) is 0.623. The standard InChI is InChI=1S/C24H22BrFN2O2/c25-18-6-4-17(5-7-18)23-12-9-20(30-23)10-13-24(29)27-19-8-11-22(21(26)16-19)28-14-2-1-3-15-28/h4-13,16H,1-3,14-15H2,(H,27,29)/b13-10+. The number of anilines is 2. The molecule has 30 heavy (non-hydrogen) atoms. The number of amides is 1. The van der Waals surface area contributed by atoms with Crippen LogP contribution in [-0.4, -0.2) is 19.0 Å². The predicted molar refractivity (Wildman–Crippen MR) is 122 cm³/mol. The summed E-state index contributed by atoms with van der Waals surface area (Å²) in [4.78, 5) is 14.3. The van der Waals surface area contributed by atoms with Crippen molar-refractivity contribution in [2.24, 2.45) is 0 Å². The van der Waals surface area contributed by atoms with Crippen molar-refractivity contribution < 1.29 is 13.6 Å². The quantitative estimate of drug-likeness (QED) is 0.435. The normalized spacial score (nSPS) is 14.3. The molecule has 0 spiro atoms. The monoisotopic (exact) mass is 468 g/mol. The van der Waals surface area contributed by atoms with Crippen molar-refractivity contribution in [2.45, 2.75) is 19.3 Å². The van der Waals surface area contributed by atoms with Gasteiger partial charge in [-0.2, -0.15) is 0 Å². The number of rotatable bonds is 5. The highest BCUT2D eigenvalue weighted by Gasteiger charge is 2.15. The Morgan fingerprint density at radius 2 is 1.80 bits per heavy atom. The number of carbonyl (C=O) groups excluding carboxylic acids is 1. The molecule has 154 valence electrons. The number of hydrogen-bond donors (Lipinski definition) is 1. The predicted octanol–water partition coefficient (Wildman–Crippen LogP) is 6.49. The van der Waals surface area contributed by atoms with Crippen LogP contribution >= 0.6 is 15.9 Å². The van der Waals surface area contributed by atoms with Crippen LogP contribution in [0.15, 0.2) is 69.6 Å². The fourth-order valence-corrected chi connectivity index (χ4v) is 3.79. The summed E-state index contributed by atoms with van der Waals surface area (Å²) in [6.45, 7) is 1.74. The average Bonchev–Trinajstić information content (AvgIpc) is 3.23. The maximum absolute atomic E-state index is 14.5. The van der Waals surface area contributed by atoms with Gasteiger partial charge in [0.1, 0.15) is 17.3 Å². The minimum Gasteiger partial charge on any atom is -0.457 e. The molecule has 1 N–H and O–H groups in total. The first-order valence-corrected chi connectivity index (χ1v) is 10.8. The Kier molecular flexibility index (Phi) is 6.33. The lowest BCUT2D eigenvalue weighted by molar-refractivity contribution is -0.111. The summed E-state index contributed by atoms with van der Waals surface area (Å²) in [5.41, 5.74) is 1.98. The van der Waals surface area contributed by atoms with E-state index in [1.165, 1.54) is 18.6 Å². The van der Waals surface area contributed by atoms with E-state index in [0.717, 1.165) is 41.7 Å². The van der Waals surface area contributed by atoms with Crippen LogP contribution < -0.4 is 10.2 Å². The highest BCUT2D eigenvalue weighted by Crippen LogP contribution is 2.26. The van der Waals surface area contributed by atoms with Gasteiger partial charge in [-0.25, -0.2) is 4.39 Å². The Morgan fingerprint density at radius 3 is 2.53 bits per heavy atom. The third-order valence-electron chi connectivity index (χ3n) is 5.07. The van der Waals surface area contributed by atoms with Gasteiger partial charge in [-0.05, 0) is 67.8 Å². The lowest BCUT2D eigenvalue weighted by atomic mass is 10.1. The molecule has 6 heteroatoms. The van der Waals surface area contributed by atoms with Gasteiger partial charge in [0.05, 0.1) is 5.69 Å². The second-order valence-corrected chi connectivity index (χ2v) is 8.16. The van der Waals surface area contributed by atoms with Crippen molar-refractivity contribution in [3.63, 3.8) is 0 Å². The fourth-order valence-electron chi connectivity index (χ4n) is 3.53. The first-order chi connectivity index (χ1) is 14.6. The summed E-state index contributed by atoms with van der Waals surface area (Å²) >= 11 is 3.41. The smallest absolute Gasteiger partial charge is 0.248 e. The zero-order valence-corrected chi connectivity index (χ0v) is 18.0. The van der Waals surface area contributed by atoms with Gasteiger partial charge in [-0.15, -0.1) is 0 Å². The molecule has 0 aliphatic carbocycles. The molecule has 1 aliphatic heterocycles. The largest absolute Gasteiger partial charge is 0.457 e. The summed E-state index contributed by atoms with van der Waals surface area (Å²) in [6, 6.07) is 16.3. The van der Waals surface area contributed by atoms with Gasteiger partial charge in [-0.1, -0.05) is 28.1 Å². The molecule has 4 nitrogen and oxygen atoms in total. The van der Waals surface area contributed by atoms with Gasteiger partial charge >= 0.3 is 0 Å². The number of benzene rings is 2. The number of furan rings is 1. The maximum atomic E-state index is 14.5. The summed E-state index contributed by atoms with van der Waals surface area (Å²) < 4.78 is 21.3. The van der Waals surface area contributed by atoms with Crippen molar-refractivity contribution in [1.29, 1.82) is 0 Å². The van der Waals surface area contributed by atoms with Gasteiger partial charge in [-0.3, -0.25) is 4.79 Å². The lowest BCUT2D eigenvalue weighted by Gasteiger charge is -2.29. The van der Waals surface area contributed by atoms with Crippen molar-refractivity contribution in [3.05, 3.63) is 76.7 Å². The van der Waals surface area contributed by atoms with Gasteiger partial charge < -0.3 is 14.6 Å². The Labute approximate surface area is 183 Å². The van der Waals surface area contributed by atoms with E-state index in [1.807, 2.05) is 30.3 Å². The molecule has 1 fully saturated rings. The summed E-state index contributed by atoms with van der Waals surface area (Å²) in [5, 5.41) is 2.70. The first kappa shape index (κ1) is 20.4. The molecule has 3 aromatic rings. The number of piperidine rings is 1. The Hall–Kier alpha value is -2.86. The molecule has 0 saturated carbocycles. The van der Waals surface area contributed by atoms with Crippen LogP contribution in [0.25, 0.3) is 17.4 Å². The van der Waals surface area contributed by atoms with Crippen LogP contribution in [0.3, 0.4) is 0 Å². The topological polar surface area (TPSA) is 45.5 Å². The number of nitrogens with one attached hydrogen (secondary N) is 1. The first-order valence-electron chi connectivity index (χ1n) is 9.98. The Morgan fingerprint density at radius 1 is 1.03 bits per heavy atom. The molecule has 1 aromatic heterocycles. The van der Waals surface area contributed by atoms with Gasteiger partial charge in [0.25, 0.3) is 0 Å². The molecule has 4 rings (SSSR count). The van der Waals surface area contributed by atoms with Crippen LogP contribution in [0.5, 0.6) is 0 Å². The summed E-state index contributed by atoms with van der Waals surface area (Å²) in [6.07, 6.45) is 6.33. The molecule has 2 aromatic carbocycles. The lowest BCUT2D eigenvalue weighted by Crippen LogP contribution is -2.30. The number of halogens is 2. The second kappa shape index (κ2) is 9.30. The molecule has 1 aliphatic rings. The van der Waals surface area contributed by atoms with E-state index in [0.29, 0.717) is 17.1 Å². The average molecular weight is 469 g/mol. The van der Waals surface area contributed by atoms with Crippen LogP contribution in [-0.2, 0) is 4.79 Å². The molecular formula is C24H22BrFN2O2. The van der Waals surface area contributed by atoms with Gasteiger partial charge in [0.15, 0.2) is 0 Å². The van der Waals surface area contributed by atoms with E-state index in [4.69, 9.17) is 4.42 Å². The Balaban J connectivity index is 1.38. The molecule has 0 bridgehead atoms. The molecule has 0 atom stereocenters. The highest BCUT2D eigenvalue weighted by atomic mass is 79.9. The molecular weight excluding hydrogens is 447 g/mol. The van der Waals surface area contributed by atoms with Crippen molar-refractivity contribution >= 4 is 39.3 Å². The molecule has 1 amide bonds. The summed E-state index contributed by atoms with van der Waals surface area (Å²) in [7, 11) is 0. The van der Waals surface area contributed by atoms with Crippen molar-refractivity contribution in [3.8, 4) is 11.3 Å². The van der Waals surface area contributed by atoms with E-state index in [1.54, 1.807) is 24.3 Å². The fraction of sp³-hybridized carbons (Fsp3) is 0.208. The number of carbonyl (C=O) groups is 1. The van der Waals surface area contributed by atoms with E-state index >= 15 is 0 Å². The number of hydrogen-bond acceptors (Lipinski definition) is 3. The van der Waals surface area contributed by atoms with Crippen LogP contribution in [0.1, 0.15) is 25.0 Å². The van der Waals surface area contributed by atoms with Gasteiger partial charge in [0.2, 0.25) is 5.91 Å². The highest BCUT2D eigenvalue weighted by molar-refractivity contribution is 9.10. The van der Waals surface area contributed by atoms with Crippen LogP contribution in [0, 0.1) is 5.82 Å². The van der Waals surface area contributed by atoms with E-state index in [2.05, 4.69) is 26.1 Å². The third kappa shape index (κ3) is 5.00. The molecule has 0 radical (unpaired) electrons. The molecule has 1 saturated heterocycles. The minimum atomic E-state index is -0.346. The SMILES string of the molecule is O=C(/C=C/c1ccc(-c2ccc(Br)cc2)o1)Nc1ccc(N2CCCCC2)c(F)c1. The van der Waals surface area contributed by atoms with Crippen molar-refractivity contribution in [1.82, 2.24) is 0 Å². The van der Waals surface area contributed by atoms with Gasteiger partial charge in [0, 0.05) is 34.9 Å². The van der Waals surface area contributed by atoms with Crippen LogP contribution in [0.2, 0.25) is 0 Å². The molecule has 0 unspecified atom stereocenters. The Bertz CT molecular complexity index is 1050. The molecule has 2 heterocycles.